The van der Waals surface area contributed by atoms with Crippen LogP contribution in [0.4, 0.5) is 5.69 Å². The van der Waals surface area contributed by atoms with E-state index in [-0.39, 0.29) is 0 Å². The molecule has 1 aliphatic heterocycles. The molecule has 19 heavy (non-hydrogen) atoms. The highest BCUT2D eigenvalue weighted by molar-refractivity contribution is 5.52. The van der Waals surface area contributed by atoms with Gasteiger partial charge in [-0.1, -0.05) is 38.0 Å². The van der Waals surface area contributed by atoms with Gasteiger partial charge in [-0.2, -0.15) is 0 Å². The van der Waals surface area contributed by atoms with Gasteiger partial charge in [0.25, 0.3) is 0 Å². The predicted octanol–water partition coefficient (Wildman–Crippen LogP) is 3.68. The van der Waals surface area contributed by atoms with Crippen LogP contribution in [0.1, 0.15) is 44.6 Å². The Morgan fingerprint density at radius 3 is 2.68 bits per heavy atom. The molecule has 2 aliphatic rings. The van der Waals surface area contributed by atoms with Crippen LogP contribution in [-0.2, 0) is 6.42 Å². The van der Waals surface area contributed by atoms with Gasteiger partial charge in [0.2, 0.25) is 0 Å². The summed E-state index contributed by atoms with van der Waals surface area (Å²) in [6.45, 7) is 4.64. The van der Waals surface area contributed by atoms with Gasteiger partial charge in [0.05, 0.1) is 0 Å². The number of hydrogen-bond acceptors (Lipinski definition) is 2. The van der Waals surface area contributed by atoms with E-state index in [9.17, 15) is 0 Å². The zero-order chi connectivity index (χ0) is 13.1. The van der Waals surface area contributed by atoms with Crippen LogP contribution < -0.4 is 5.32 Å². The lowest BCUT2D eigenvalue weighted by molar-refractivity contribution is 0.144. The number of rotatable bonds is 3. The number of hydrogen-bond donors (Lipinski definition) is 1. The van der Waals surface area contributed by atoms with Crippen molar-refractivity contribution in [1.82, 2.24) is 4.90 Å². The molecule has 2 nitrogen and oxygen atoms in total. The highest BCUT2D eigenvalue weighted by Crippen LogP contribution is 2.28. The van der Waals surface area contributed by atoms with Gasteiger partial charge in [0.1, 0.15) is 0 Å². The lowest BCUT2D eigenvalue weighted by Crippen LogP contribution is -2.45. The molecule has 1 unspecified atom stereocenters. The molecule has 0 spiro atoms. The molecule has 1 heterocycles. The molecule has 1 saturated carbocycles. The summed E-state index contributed by atoms with van der Waals surface area (Å²) in [4.78, 5) is 2.77. The summed E-state index contributed by atoms with van der Waals surface area (Å²) in [6, 6.07) is 10.4. The van der Waals surface area contributed by atoms with Crippen molar-refractivity contribution in [2.75, 3.05) is 18.4 Å². The van der Waals surface area contributed by atoms with Crippen molar-refractivity contribution in [1.29, 1.82) is 0 Å². The minimum atomic E-state index is 0.709. The van der Waals surface area contributed by atoms with Gasteiger partial charge in [-0.25, -0.2) is 0 Å². The molecule has 1 aliphatic carbocycles. The zero-order valence-electron chi connectivity index (χ0n) is 12.1. The number of fused-ring (bicyclic) bond motifs is 1. The van der Waals surface area contributed by atoms with Gasteiger partial charge in [-0.15, -0.1) is 0 Å². The van der Waals surface area contributed by atoms with E-state index in [2.05, 4.69) is 41.4 Å². The normalized spacial score (nSPS) is 24.0. The van der Waals surface area contributed by atoms with Crippen LogP contribution in [0.3, 0.4) is 0 Å². The Morgan fingerprint density at radius 1 is 1.11 bits per heavy atom. The topological polar surface area (TPSA) is 15.3 Å². The van der Waals surface area contributed by atoms with E-state index in [0.717, 1.165) is 12.6 Å². The molecule has 1 aromatic carbocycles. The molecule has 1 N–H and O–H groups in total. The molecule has 1 atom stereocenters. The number of para-hydroxylation sites is 1. The van der Waals surface area contributed by atoms with Gasteiger partial charge >= 0.3 is 0 Å². The number of aryl methyl sites for hydroxylation is 1. The third-order valence-electron chi connectivity index (χ3n) is 4.92. The average molecular weight is 258 g/mol. The molecule has 0 saturated heterocycles. The maximum absolute atomic E-state index is 3.67. The number of nitrogens with one attached hydrogen (secondary N) is 1. The van der Waals surface area contributed by atoms with Gasteiger partial charge in [0.15, 0.2) is 0 Å². The largest absolute Gasteiger partial charge is 0.383 e. The molecular formula is C17H26N2. The molecule has 1 aromatic rings. The van der Waals surface area contributed by atoms with E-state index in [1.54, 1.807) is 0 Å². The fraction of sp³-hybridized carbons (Fsp3) is 0.647. The number of benzene rings is 1. The molecule has 0 radical (unpaired) electrons. The zero-order valence-corrected chi connectivity index (χ0v) is 12.1. The Hall–Kier alpha value is -1.02. The van der Waals surface area contributed by atoms with E-state index >= 15 is 0 Å². The standard InChI is InChI=1S/C17H26N2/c1-2-19(15-8-4-5-9-15)16-12-11-14-7-3-6-10-17(14)18-13-16/h3,6-7,10,15-16,18H,2,4-5,8-9,11-13H2,1H3. The molecule has 0 aromatic heterocycles. The summed E-state index contributed by atoms with van der Waals surface area (Å²) in [5.74, 6) is 0. The average Bonchev–Trinajstić information content (AvgIpc) is 2.88. The summed E-state index contributed by atoms with van der Waals surface area (Å²) in [7, 11) is 0. The van der Waals surface area contributed by atoms with Crippen LogP contribution in [0.25, 0.3) is 0 Å². The van der Waals surface area contributed by atoms with Crippen LogP contribution in [0, 0.1) is 0 Å². The summed E-state index contributed by atoms with van der Waals surface area (Å²) >= 11 is 0. The lowest BCUT2D eigenvalue weighted by atomic mass is 10.0. The molecule has 1 fully saturated rings. The van der Waals surface area contributed by atoms with Crippen LogP contribution in [0.2, 0.25) is 0 Å². The second-order valence-corrected chi connectivity index (χ2v) is 6.00. The first-order valence-electron chi connectivity index (χ1n) is 7.96. The highest BCUT2D eigenvalue weighted by atomic mass is 15.2. The number of nitrogens with zero attached hydrogens (tertiary/aromatic N) is 1. The van der Waals surface area contributed by atoms with Gasteiger partial charge < -0.3 is 5.32 Å². The maximum atomic E-state index is 3.67. The van der Waals surface area contributed by atoms with Crippen molar-refractivity contribution < 1.29 is 0 Å². The van der Waals surface area contributed by atoms with Crippen molar-refractivity contribution >= 4 is 5.69 Å². The fourth-order valence-corrected chi connectivity index (χ4v) is 3.90. The Kier molecular flexibility index (Phi) is 4.07. The number of anilines is 1. The summed E-state index contributed by atoms with van der Waals surface area (Å²) < 4.78 is 0. The second-order valence-electron chi connectivity index (χ2n) is 6.00. The molecular weight excluding hydrogens is 232 g/mol. The van der Waals surface area contributed by atoms with E-state index in [4.69, 9.17) is 0 Å². The highest BCUT2D eigenvalue weighted by Gasteiger charge is 2.28. The van der Waals surface area contributed by atoms with E-state index in [1.165, 1.54) is 56.3 Å². The van der Waals surface area contributed by atoms with Gasteiger partial charge in [0, 0.05) is 24.3 Å². The Balaban J connectivity index is 1.69. The number of likely N-dealkylation sites (N-methyl/N-ethyl adjacent to an activating group) is 1. The van der Waals surface area contributed by atoms with E-state index in [0.29, 0.717) is 6.04 Å². The fourth-order valence-electron chi connectivity index (χ4n) is 3.90. The lowest BCUT2D eigenvalue weighted by Gasteiger charge is -2.35. The van der Waals surface area contributed by atoms with E-state index < -0.39 is 0 Å². The molecule has 2 heteroatoms. The maximum Gasteiger partial charge on any atom is 0.0373 e. The van der Waals surface area contributed by atoms with Crippen molar-refractivity contribution in [3.05, 3.63) is 29.8 Å². The first-order chi connectivity index (χ1) is 9.38. The molecule has 0 bridgehead atoms. The monoisotopic (exact) mass is 258 g/mol. The van der Waals surface area contributed by atoms with Gasteiger partial charge in [-0.3, -0.25) is 4.90 Å². The van der Waals surface area contributed by atoms with Crippen molar-refractivity contribution in [3.63, 3.8) is 0 Å². The quantitative estimate of drug-likeness (QED) is 0.889. The molecule has 3 rings (SSSR count). The second kappa shape index (κ2) is 5.96. The smallest absolute Gasteiger partial charge is 0.0373 e. The van der Waals surface area contributed by atoms with E-state index in [1.807, 2.05) is 0 Å². The Bertz CT molecular complexity index is 382. The van der Waals surface area contributed by atoms with Crippen molar-refractivity contribution in [2.45, 2.75) is 57.5 Å². The van der Waals surface area contributed by atoms with Crippen LogP contribution in [0.15, 0.2) is 24.3 Å². The SMILES string of the molecule is CCN(C1CCCC1)C1CCc2ccccc2NC1. The minimum absolute atomic E-state index is 0.709. The summed E-state index contributed by atoms with van der Waals surface area (Å²) in [5.41, 5.74) is 2.85. The van der Waals surface area contributed by atoms with Crippen LogP contribution >= 0.6 is 0 Å². The summed E-state index contributed by atoms with van der Waals surface area (Å²) in [6.07, 6.45) is 8.21. The van der Waals surface area contributed by atoms with Crippen molar-refractivity contribution in [3.8, 4) is 0 Å². The summed E-state index contributed by atoms with van der Waals surface area (Å²) in [5, 5.41) is 3.67. The van der Waals surface area contributed by atoms with Crippen LogP contribution in [-0.4, -0.2) is 30.1 Å². The molecule has 104 valence electrons. The first-order valence-corrected chi connectivity index (χ1v) is 7.96. The molecule has 0 amide bonds. The minimum Gasteiger partial charge on any atom is -0.383 e. The van der Waals surface area contributed by atoms with Gasteiger partial charge in [-0.05, 0) is 43.9 Å². The van der Waals surface area contributed by atoms with Crippen molar-refractivity contribution in [2.24, 2.45) is 0 Å². The predicted molar refractivity (Wildman–Crippen MR) is 81.7 cm³/mol. The third-order valence-corrected chi connectivity index (χ3v) is 4.92. The first kappa shape index (κ1) is 13.0. The Labute approximate surface area is 117 Å². The Morgan fingerprint density at radius 2 is 1.89 bits per heavy atom. The third kappa shape index (κ3) is 2.79. The van der Waals surface area contributed by atoms with Crippen LogP contribution in [0.5, 0.6) is 0 Å².